The third-order valence-corrected chi connectivity index (χ3v) is 3.79. The molecule has 1 aliphatic carbocycles. The molecular weight excluding hydrogens is 303 g/mol. The highest BCUT2D eigenvalue weighted by Crippen LogP contribution is 2.39. The molecule has 100 valence electrons. The van der Waals surface area contributed by atoms with Crippen LogP contribution in [0.3, 0.4) is 0 Å². The minimum atomic E-state index is -0.516. The van der Waals surface area contributed by atoms with Crippen LogP contribution in [0.15, 0.2) is 24.3 Å². The Labute approximate surface area is 123 Å². The van der Waals surface area contributed by atoms with E-state index in [1.54, 1.807) is 0 Å². The number of benzene rings is 2. The van der Waals surface area contributed by atoms with Crippen LogP contribution in [0.1, 0.15) is 31.8 Å². The van der Waals surface area contributed by atoms with Crippen LogP contribution in [0.2, 0.25) is 10.0 Å². The summed E-state index contributed by atoms with van der Waals surface area (Å²) in [5, 5.41) is 19.2. The van der Waals surface area contributed by atoms with E-state index in [9.17, 15) is 19.8 Å². The second-order valence-corrected chi connectivity index (χ2v) is 5.14. The molecule has 2 N–H and O–H groups in total. The Morgan fingerprint density at radius 3 is 1.45 bits per heavy atom. The fourth-order valence-corrected chi connectivity index (χ4v) is 2.70. The number of carbonyl (C=O) groups is 2. The van der Waals surface area contributed by atoms with Crippen molar-refractivity contribution in [3.05, 3.63) is 56.6 Å². The topological polar surface area (TPSA) is 74.6 Å². The predicted molar refractivity (Wildman–Crippen MR) is 73.1 cm³/mol. The molecule has 0 radical (unpaired) electrons. The van der Waals surface area contributed by atoms with Crippen molar-refractivity contribution in [3.8, 4) is 11.5 Å². The molecule has 0 atom stereocenters. The molecule has 0 unspecified atom stereocenters. The molecule has 4 nitrogen and oxygen atoms in total. The molecule has 6 heteroatoms. The van der Waals surface area contributed by atoms with Gasteiger partial charge < -0.3 is 10.2 Å². The fourth-order valence-electron chi connectivity index (χ4n) is 2.22. The molecule has 0 saturated heterocycles. The lowest BCUT2D eigenvalue weighted by molar-refractivity contribution is 0.0978. The summed E-state index contributed by atoms with van der Waals surface area (Å²) >= 11 is 11.9. The molecule has 0 heterocycles. The largest absolute Gasteiger partial charge is 0.504 e. The molecule has 0 spiro atoms. The fraction of sp³-hybridized carbons (Fsp3) is 0. The first kappa shape index (κ1) is 13.0. The highest BCUT2D eigenvalue weighted by atomic mass is 35.5. The smallest absolute Gasteiger partial charge is 0.196 e. The van der Waals surface area contributed by atoms with Crippen LogP contribution >= 0.6 is 23.2 Å². The molecule has 0 aromatic heterocycles. The molecule has 0 saturated carbocycles. The maximum absolute atomic E-state index is 12.4. The Bertz CT molecular complexity index is 730. The van der Waals surface area contributed by atoms with Gasteiger partial charge in [0.2, 0.25) is 0 Å². The van der Waals surface area contributed by atoms with E-state index in [0.29, 0.717) is 0 Å². The van der Waals surface area contributed by atoms with E-state index in [1.807, 2.05) is 0 Å². The summed E-state index contributed by atoms with van der Waals surface area (Å²) in [6.07, 6.45) is 0. The van der Waals surface area contributed by atoms with Gasteiger partial charge in [0.05, 0.1) is 21.2 Å². The zero-order valence-corrected chi connectivity index (χ0v) is 11.3. The third-order valence-electron chi connectivity index (χ3n) is 3.16. The molecule has 0 amide bonds. The minimum absolute atomic E-state index is 0.0121. The summed E-state index contributed by atoms with van der Waals surface area (Å²) in [6.45, 7) is 0. The van der Waals surface area contributed by atoms with Gasteiger partial charge in [-0.05, 0) is 24.3 Å². The molecule has 1 aliphatic rings. The quantitative estimate of drug-likeness (QED) is 0.625. The summed E-state index contributed by atoms with van der Waals surface area (Å²) in [5.41, 5.74) is 0.00689. The first-order valence-corrected chi connectivity index (χ1v) is 6.30. The maximum atomic E-state index is 12.4. The van der Waals surface area contributed by atoms with Crippen LogP contribution in [-0.2, 0) is 0 Å². The number of fused-ring (bicyclic) bond motifs is 2. The summed E-state index contributed by atoms with van der Waals surface area (Å²) in [6, 6.07) is 4.95. The van der Waals surface area contributed by atoms with Crippen molar-refractivity contribution in [2.24, 2.45) is 0 Å². The zero-order valence-electron chi connectivity index (χ0n) is 9.78. The molecule has 2 aromatic carbocycles. The van der Waals surface area contributed by atoms with Gasteiger partial charge in [-0.3, -0.25) is 9.59 Å². The number of rotatable bonds is 0. The van der Waals surface area contributed by atoms with Crippen LogP contribution in [0.4, 0.5) is 0 Å². The van der Waals surface area contributed by atoms with Crippen LogP contribution in [0.25, 0.3) is 0 Å². The van der Waals surface area contributed by atoms with Crippen molar-refractivity contribution in [2.75, 3.05) is 0 Å². The van der Waals surface area contributed by atoms with Gasteiger partial charge in [-0.2, -0.15) is 0 Å². The van der Waals surface area contributed by atoms with Crippen molar-refractivity contribution >= 4 is 34.8 Å². The minimum Gasteiger partial charge on any atom is -0.504 e. The maximum Gasteiger partial charge on any atom is 0.196 e. The standard InChI is InChI=1S/C14H6Cl2O4/c15-7-1-2-8(16)12-11(7)13(19)5-3-9(17)10(18)4-6(5)14(12)20/h1-4,17-18H. The summed E-state index contributed by atoms with van der Waals surface area (Å²) in [7, 11) is 0. The predicted octanol–water partition coefficient (Wildman–Crippen LogP) is 3.18. The average Bonchev–Trinajstić information content (AvgIpc) is 2.41. The van der Waals surface area contributed by atoms with Crippen LogP contribution in [0, 0.1) is 0 Å². The van der Waals surface area contributed by atoms with Gasteiger partial charge in [0, 0.05) is 11.1 Å². The van der Waals surface area contributed by atoms with Gasteiger partial charge in [0.1, 0.15) is 0 Å². The van der Waals surface area contributed by atoms with Crippen molar-refractivity contribution in [1.82, 2.24) is 0 Å². The van der Waals surface area contributed by atoms with E-state index < -0.39 is 23.1 Å². The van der Waals surface area contributed by atoms with E-state index in [1.165, 1.54) is 12.1 Å². The van der Waals surface area contributed by atoms with Gasteiger partial charge in [-0.15, -0.1) is 0 Å². The monoisotopic (exact) mass is 308 g/mol. The SMILES string of the molecule is O=C1c2cc(O)c(O)cc2C(=O)c2c(Cl)ccc(Cl)c21. The number of carbonyl (C=O) groups excluding carboxylic acids is 2. The van der Waals surface area contributed by atoms with Crippen molar-refractivity contribution in [2.45, 2.75) is 0 Å². The zero-order chi connectivity index (χ0) is 14.6. The van der Waals surface area contributed by atoms with Gasteiger partial charge in [-0.25, -0.2) is 0 Å². The summed E-state index contributed by atoms with van der Waals surface area (Å²) in [5.74, 6) is -1.99. The Kier molecular flexibility index (Phi) is 2.74. The lowest BCUT2D eigenvalue weighted by Crippen LogP contribution is -2.21. The normalized spacial score (nSPS) is 13.1. The number of aromatic hydroxyl groups is 2. The second-order valence-electron chi connectivity index (χ2n) is 4.32. The molecule has 0 fully saturated rings. The number of phenolic OH excluding ortho intramolecular Hbond substituents is 2. The van der Waals surface area contributed by atoms with E-state index in [2.05, 4.69) is 0 Å². The number of ketones is 2. The third kappa shape index (κ3) is 1.62. The van der Waals surface area contributed by atoms with E-state index in [4.69, 9.17) is 23.2 Å². The van der Waals surface area contributed by atoms with Crippen LogP contribution < -0.4 is 0 Å². The molecular formula is C14H6Cl2O4. The summed E-state index contributed by atoms with van der Waals surface area (Å²) < 4.78 is 0. The van der Waals surface area contributed by atoms with Crippen molar-refractivity contribution in [3.63, 3.8) is 0 Å². The second kappa shape index (κ2) is 4.23. The number of halogens is 2. The van der Waals surface area contributed by atoms with Crippen molar-refractivity contribution < 1.29 is 19.8 Å². The molecule has 2 aromatic rings. The number of hydrogen-bond donors (Lipinski definition) is 2. The van der Waals surface area contributed by atoms with Gasteiger partial charge in [0.25, 0.3) is 0 Å². The van der Waals surface area contributed by atoms with Gasteiger partial charge >= 0.3 is 0 Å². The van der Waals surface area contributed by atoms with Crippen molar-refractivity contribution in [1.29, 1.82) is 0 Å². The van der Waals surface area contributed by atoms with E-state index in [0.717, 1.165) is 12.1 Å². The average molecular weight is 309 g/mol. The molecule has 0 aliphatic heterocycles. The van der Waals surface area contributed by atoms with Gasteiger partial charge in [-0.1, -0.05) is 23.2 Å². The Balaban J connectivity index is 2.40. The summed E-state index contributed by atoms with van der Waals surface area (Å²) in [4.78, 5) is 24.8. The lowest BCUT2D eigenvalue weighted by Gasteiger charge is -2.19. The first-order chi connectivity index (χ1) is 9.41. The van der Waals surface area contributed by atoms with E-state index >= 15 is 0 Å². The highest BCUT2D eigenvalue weighted by Gasteiger charge is 2.34. The van der Waals surface area contributed by atoms with Gasteiger partial charge in [0.15, 0.2) is 23.1 Å². The molecule has 20 heavy (non-hydrogen) atoms. The highest BCUT2D eigenvalue weighted by molar-refractivity contribution is 6.43. The Morgan fingerprint density at radius 1 is 0.750 bits per heavy atom. The molecule has 3 rings (SSSR count). The van der Waals surface area contributed by atoms with Crippen LogP contribution in [-0.4, -0.2) is 21.8 Å². The lowest BCUT2D eigenvalue weighted by atomic mass is 9.83. The van der Waals surface area contributed by atoms with E-state index in [-0.39, 0.29) is 32.3 Å². The first-order valence-electron chi connectivity index (χ1n) is 5.55. The molecule has 0 bridgehead atoms. The number of hydrogen-bond acceptors (Lipinski definition) is 4. The Morgan fingerprint density at radius 2 is 1.10 bits per heavy atom. The number of phenols is 2. The van der Waals surface area contributed by atoms with Crippen LogP contribution in [0.5, 0.6) is 11.5 Å². The Hall–Kier alpha value is -2.04.